The van der Waals surface area contributed by atoms with Gasteiger partial charge in [0, 0.05) is 6.54 Å². The molecule has 0 saturated carbocycles. The quantitative estimate of drug-likeness (QED) is 0.726. The van der Waals surface area contributed by atoms with Crippen molar-refractivity contribution >= 4 is 18.7 Å². The first-order valence-corrected chi connectivity index (χ1v) is 10.4. The van der Waals surface area contributed by atoms with Gasteiger partial charge in [0.05, 0.1) is 30.5 Å². The lowest BCUT2D eigenvalue weighted by atomic mass is 9.78. The number of hydrogen-bond donors (Lipinski definition) is 0. The minimum absolute atomic E-state index is 0.0628. The summed E-state index contributed by atoms with van der Waals surface area (Å²) in [4.78, 5) is 14.4. The Morgan fingerprint density at radius 3 is 2.48 bits per heavy atom. The van der Waals surface area contributed by atoms with Gasteiger partial charge in [-0.15, -0.1) is 0 Å². The van der Waals surface area contributed by atoms with Gasteiger partial charge < -0.3 is 23.7 Å². The van der Waals surface area contributed by atoms with Gasteiger partial charge in [0.25, 0.3) is 0 Å². The molecule has 0 aliphatic carbocycles. The lowest BCUT2D eigenvalue weighted by Gasteiger charge is -2.36. The second-order valence-corrected chi connectivity index (χ2v) is 9.94. The van der Waals surface area contributed by atoms with Crippen molar-refractivity contribution in [2.24, 2.45) is 0 Å². The molecule has 0 N–H and O–H groups in total. The topological polar surface area (TPSA) is 57.2 Å². The zero-order chi connectivity index (χ0) is 21.4. The lowest BCUT2D eigenvalue weighted by Crippen LogP contribution is -2.51. The van der Waals surface area contributed by atoms with E-state index in [-0.39, 0.29) is 23.3 Å². The lowest BCUT2D eigenvalue weighted by molar-refractivity contribution is -0.0319. The monoisotopic (exact) mass is 403 g/mol. The van der Waals surface area contributed by atoms with Crippen LogP contribution in [0.4, 0.5) is 4.79 Å². The maximum Gasteiger partial charge on any atom is 0.494 e. The van der Waals surface area contributed by atoms with Gasteiger partial charge in [0.1, 0.15) is 5.60 Å². The van der Waals surface area contributed by atoms with E-state index in [1.54, 1.807) is 4.90 Å². The van der Waals surface area contributed by atoms with Crippen molar-refractivity contribution in [3.05, 3.63) is 29.8 Å². The standard InChI is InChI=1S/C22H34BNO5/c1-20(2,3)27-19(25)24-11-12-26-15-18(24)14-16-9-8-10-17(13-16)23-28-21(4,5)22(6,7)29-23/h8-10,13,18H,11-12,14-15H2,1-7H3. The Bertz CT molecular complexity index is 727. The molecule has 1 aromatic rings. The third kappa shape index (κ3) is 5.14. The molecule has 1 atom stereocenters. The van der Waals surface area contributed by atoms with Crippen LogP contribution in [0.3, 0.4) is 0 Å². The Hall–Kier alpha value is -1.57. The molecule has 29 heavy (non-hydrogen) atoms. The fourth-order valence-corrected chi connectivity index (χ4v) is 3.50. The van der Waals surface area contributed by atoms with Crippen LogP contribution in [0.1, 0.15) is 54.0 Å². The number of nitrogens with zero attached hydrogens (tertiary/aromatic N) is 1. The molecule has 2 aliphatic rings. The second-order valence-electron chi connectivity index (χ2n) is 9.94. The van der Waals surface area contributed by atoms with Gasteiger partial charge >= 0.3 is 13.2 Å². The maximum absolute atomic E-state index is 12.6. The molecule has 1 aromatic carbocycles. The van der Waals surface area contributed by atoms with E-state index in [1.807, 2.05) is 32.9 Å². The van der Waals surface area contributed by atoms with Crippen LogP contribution in [0, 0.1) is 0 Å². The minimum Gasteiger partial charge on any atom is -0.444 e. The molecule has 6 nitrogen and oxygen atoms in total. The van der Waals surface area contributed by atoms with Crippen molar-refractivity contribution in [2.45, 2.75) is 77.7 Å². The van der Waals surface area contributed by atoms with Crippen molar-refractivity contribution in [1.29, 1.82) is 0 Å². The van der Waals surface area contributed by atoms with Crippen molar-refractivity contribution in [3.8, 4) is 0 Å². The van der Waals surface area contributed by atoms with Crippen LogP contribution in [-0.2, 0) is 25.2 Å². The highest BCUT2D eigenvalue weighted by Crippen LogP contribution is 2.36. The van der Waals surface area contributed by atoms with Gasteiger partial charge in [-0.3, -0.25) is 0 Å². The summed E-state index contributed by atoms with van der Waals surface area (Å²) < 4.78 is 23.6. The molecule has 2 fully saturated rings. The van der Waals surface area contributed by atoms with E-state index in [2.05, 4.69) is 39.8 Å². The summed E-state index contributed by atoms with van der Waals surface area (Å²) in [5.74, 6) is 0. The number of carbonyl (C=O) groups is 1. The van der Waals surface area contributed by atoms with Gasteiger partial charge in [0.15, 0.2) is 0 Å². The first kappa shape index (κ1) is 22.1. The average Bonchev–Trinajstić information content (AvgIpc) is 2.82. The van der Waals surface area contributed by atoms with Gasteiger partial charge in [0.2, 0.25) is 0 Å². The Kier molecular flexibility index (Phi) is 6.05. The smallest absolute Gasteiger partial charge is 0.444 e. The fraction of sp³-hybridized carbons (Fsp3) is 0.682. The third-order valence-corrected chi connectivity index (χ3v) is 5.80. The number of carbonyl (C=O) groups excluding carboxylic acids is 1. The molecule has 0 aromatic heterocycles. The number of ether oxygens (including phenoxy) is 2. The first-order valence-electron chi connectivity index (χ1n) is 10.4. The largest absolute Gasteiger partial charge is 0.494 e. The van der Waals surface area contributed by atoms with Crippen molar-refractivity contribution < 1.29 is 23.6 Å². The Morgan fingerprint density at radius 1 is 1.21 bits per heavy atom. The van der Waals surface area contributed by atoms with Crippen molar-refractivity contribution in [2.75, 3.05) is 19.8 Å². The highest BCUT2D eigenvalue weighted by atomic mass is 16.7. The zero-order valence-corrected chi connectivity index (χ0v) is 18.8. The Labute approximate surface area is 175 Å². The van der Waals surface area contributed by atoms with E-state index in [9.17, 15) is 4.79 Å². The summed E-state index contributed by atoms with van der Waals surface area (Å²) >= 11 is 0. The predicted octanol–water partition coefficient (Wildman–Crippen LogP) is 3.16. The summed E-state index contributed by atoms with van der Waals surface area (Å²) in [6.45, 7) is 15.4. The van der Waals surface area contributed by atoms with Crippen LogP contribution in [-0.4, -0.2) is 60.7 Å². The number of amides is 1. The molecule has 2 aliphatic heterocycles. The summed E-state index contributed by atoms with van der Waals surface area (Å²) in [7, 11) is -0.399. The first-order chi connectivity index (χ1) is 13.4. The minimum atomic E-state index is -0.517. The van der Waals surface area contributed by atoms with Gasteiger partial charge in [-0.1, -0.05) is 24.3 Å². The highest BCUT2D eigenvalue weighted by molar-refractivity contribution is 6.62. The van der Waals surface area contributed by atoms with Crippen LogP contribution in [0.2, 0.25) is 0 Å². The molecule has 2 saturated heterocycles. The molecule has 1 unspecified atom stereocenters. The van der Waals surface area contributed by atoms with E-state index >= 15 is 0 Å². The summed E-state index contributed by atoms with van der Waals surface area (Å²) in [6.07, 6.45) is 0.403. The second kappa shape index (κ2) is 7.93. The normalized spacial score (nSPS) is 23.9. The Balaban J connectivity index is 1.73. The maximum atomic E-state index is 12.6. The van der Waals surface area contributed by atoms with Crippen LogP contribution in [0.25, 0.3) is 0 Å². The molecule has 2 heterocycles. The average molecular weight is 403 g/mol. The fourth-order valence-electron chi connectivity index (χ4n) is 3.50. The summed E-state index contributed by atoms with van der Waals surface area (Å²) in [6, 6.07) is 8.14. The molecule has 0 spiro atoms. The van der Waals surface area contributed by atoms with Gasteiger partial charge in [-0.05, 0) is 65.9 Å². The van der Waals surface area contributed by atoms with E-state index in [4.69, 9.17) is 18.8 Å². The van der Waals surface area contributed by atoms with Crippen LogP contribution < -0.4 is 5.46 Å². The Morgan fingerprint density at radius 2 is 1.86 bits per heavy atom. The molecule has 160 valence electrons. The van der Waals surface area contributed by atoms with Gasteiger partial charge in [-0.25, -0.2) is 4.79 Å². The van der Waals surface area contributed by atoms with E-state index in [0.29, 0.717) is 26.2 Å². The molecule has 1 amide bonds. The van der Waals surface area contributed by atoms with Crippen LogP contribution >= 0.6 is 0 Å². The van der Waals surface area contributed by atoms with Crippen LogP contribution in [0.5, 0.6) is 0 Å². The predicted molar refractivity (Wildman–Crippen MR) is 113 cm³/mol. The molecule has 7 heteroatoms. The summed E-state index contributed by atoms with van der Waals surface area (Å²) in [5.41, 5.74) is 0.830. The number of rotatable bonds is 3. The van der Waals surface area contributed by atoms with Crippen molar-refractivity contribution in [3.63, 3.8) is 0 Å². The number of hydrogen-bond acceptors (Lipinski definition) is 5. The van der Waals surface area contributed by atoms with E-state index < -0.39 is 12.7 Å². The third-order valence-electron chi connectivity index (χ3n) is 5.80. The zero-order valence-electron chi connectivity index (χ0n) is 18.8. The van der Waals surface area contributed by atoms with E-state index in [1.165, 1.54) is 0 Å². The molecule has 0 radical (unpaired) electrons. The molecular weight excluding hydrogens is 369 g/mol. The molecular formula is C22H34BNO5. The van der Waals surface area contributed by atoms with Crippen molar-refractivity contribution in [1.82, 2.24) is 4.90 Å². The van der Waals surface area contributed by atoms with E-state index in [0.717, 1.165) is 11.0 Å². The highest BCUT2D eigenvalue weighted by Gasteiger charge is 2.51. The number of morpholine rings is 1. The number of benzene rings is 1. The SMILES string of the molecule is CC(C)(C)OC(=O)N1CCOCC1Cc1cccc(B2OC(C)(C)C(C)(C)O2)c1. The molecule has 3 rings (SSSR count). The van der Waals surface area contributed by atoms with Gasteiger partial charge in [-0.2, -0.15) is 0 Å². The molecule has 0 bridgehead atoms. The van der Waals surface area contributed by atoms with Crippen LogP contribution in [0.15, 0.2) is 24.3 Å². The summed E-state index contributed by atoms with van der Waals surface area (Å²) in [5, 5.41) is 0.